The second-order valence-corrected chi connectivity index (χ2v) is 4.57. The van der Waals surface area contributed by atoms with Crippen LogP contribution in [0.1, 0.15) is 46.0 Å². The van der Waals surface area contributed by atoms with Crippen LogP contribution in [0.3, 0.4) is 0 Å². The summed E-state index contributed by atoms with van der Waals surface area (Å²) < 4.78 is 0. The average Bonchev–Trinajstić information content (AvgIpc) is 2.23. The zero-order valence-electron chi connectivity index (χ0n) is 10.8. The second-order valence-electron chi connectivity index (χ2n) is 4.57. The largest absolute Gasteiger partial charge is 0.481 e. The molecule has 0 aromatic heterocycles. The lowest BCUT2D eigenvalue weighted by molar-refractivity contribution is -0.137. The van der Waals surface area contributed by atoms with E-state index in [1.807, 2.05) is 0 Å². The van der Waals surface area contributed by atoms with Crippen molar-refractivity contribution in [3.63, 3.8) is 0 Å². The van der Waals surface area contributed by atoms with Gasteiger partial charge in [-0.2, -0.15) is 0 Å². The van der Waals surface area contributed by atoms with Gasteiger partial charge in [-0.3, -0.25) is 4.79 Å². The summed E-state index contributed by atoms with van der Waals surface area (Å²) in [5.41, 5.74) is 0. The number of rotatable bonds is 9. The molecule has 0 fully saturated rings. The number of urea groups is 1. The fourth-order valence-electron chi connectivity index (χ4n) is 1.38. The third kappa shape index (κ3) is 12.7. The molecular weight excluding hydrogens is 220 g/mol. The highest BCUT2D eigenvalue weighted by molar-refractivity contribution is 5.73. The number of carbonyl (C=O) groups is 2. The Morgan fingerprint density at radius 1 is 1.06 bits per heavy atom. The number of aliphatic carboxylic acids is 1. The lowest BCUT2D eigenvalue weighted by atomic mass is 10.1. The van der Waals surface area contributed by atoms with Gasteiger partial charge in [-0.1, -0.05) is 13.8 Å². The van der Waals surface area contributed by atoms with Crippen LogP contribution < -0.4 is 10.6 Å². The highest BCUT2D eigenvalue weighted by Gasteiger charge is 2.00. The van der Waals surface area contributed by atoms with Crippen LogP contribution in [-0.4, -0.2) is 30.2 Å². The van der Waals surface area contributed by atoms with Gasteiger partial charge in [-0.25, -0.2) is 4.79 Å². The Morgan fingerprint density at radius 2 is 1.65 bits per heavy atom. The zero-order valence-corrected chi connectivity index (χ0v) is 10.8. The summed E-state index contributed by atoms with van der Waals surface area (Å²) in [5, 5.41) is 13.9. The first-order chi connectivity index (χ1) is 8.02. The van der Waals surface area contributed by atoms with Crippen molar-refractivity contribution < 1.29 is 14.7 Å². The smallest absolute Gasteiger partial charge is 0.314 e. The molecule has 0 radical (unpaired) electrons. The first-order valence-electron chi connectivity index (χ1n) is 6.26. The minimum Gasteiger partial charge on any atom is -0.481 e. The molecule has 0 aromatic rings. The molecular formula is C12H24N2O3. The molecule has 0 atom stereocenters. The molecule has 17 heavy (non-hydrogen) atoms. The van der Waals surface area contributed by atoms with E-state index in [1.54, 1.807) is 0 Å². The summed E-state index contributed by atoms with van der Waals surface area (Å²) in [6.45, 7) is 5.54. The minimum atomic E-state index is -0.789. The summed E-state index contributed by atoms with van der Waals surface area (Å²) in [6.07, 6.45) is 3.56. The van der Waals surface area contributed by atoms with Crippen LogP contribution in [0.25, 0.3) is 0 Å². The van der Waals surface area contributed by atoms with Gasteiger partial charge in [-0.05, 0) is 31.6 Å². The Hall–Kier alpha value is -1.26. The average molecular weight is 244 g/mol. The van der Waals surface area contributed by atoms with E-state index < -0.39 is 5.97 Å². The fraction of sp³-hybridized carbons (Fsp3) is 0.833. The number of hydrogen-bond acceptors (Lipinski definition) is 2. The Labute approximate surface area is 103 Å². The third-order valence-electron chi connectivity index (χ3n) is 2.35. The van der Waals surface area contributed by atoms with Crippen LogP contribution in [0.15, 0.2) is 0 Å². The predicted octanol–water partition coefficient (Wildman–Crippen LogP) is 1.98. The maximum absolute atomic E-state index is 11.2. The van der Waals surface area contributed by atoms with E-state index in [2.05, 4.69) is 24.5 Å². The van der Waals surface area contributed by atoms with Crippen LogP contribution in [0.2, 0.25) is 0 Å². The van der Waals surface area contributed by atoms with Crippen LogP contribution >= 0.6 is 0 Å². The van der Waals surface area contributed by atoms with Gasteiger partial charge in [0, 0.05) is 19.5 Å². The van der Waals surface area contributed by atoms with Gasteiger partial charge in [0.15, 0.2) is 0 Å². The molecule has 0 aliphatic heterocycles. The molecule has 2 amide bonds. The van der Waals surface area contributed by atoms with Crippen LogP contribution in [0.5, 0.6) is 0 Å². The van der Waals surface area contributed by atoms with Gasteiger partial charge < -0.3 is 15.7 Å². The van der Waals surface area contributed by atoms with Crippen LogP contribution in [0, 0.1) is 5.92 Å². The van der Waals surface area contributed by atoms with E-state index in [9.17, 15) is 9.59 Å². The van der Waals surface area contributed by atoms with E-state index >= 15 is 0 Å². The molecule has 100 valence electrons. The van der Waals surface area contributed by atoms with Gasteiger partial charge in [0.25, 0.3) is 0 Å². The van der Waals surface area contributed by atoms with Gasteiger partial charge in [-0.15, -0.1) is 0 Å². The summed E-state index contributed by atoms with van der Waals surface area (Å²) in [6, 6.07) is -0.163. The second kappa shape index (κ2) is 9.93. The monoisotopic (exact) mass is 244 g/mol. The molecule has 0 aliphatic rings. The summed E-state index contributed by atoms with van der Waals surface area (Å²) in [7, 11) is 0. The molecule has 0 spiro atoms. The van der Waals surface area contributed by atoms with E-state index in [1.165, 1.54) is 0 Å². The molecule has 0 saturated heterocycles. The Morgan fingerprint density at radius 3 is 2.18 bits per heavy atom. The topological polar surface area (TPSA) is 78.4 Å². The predicted molar refractivity (Wildman–Crippen MR) is 67.0 cm³/mol. The quantitative estimate of drug-likeness (QED) is 0.543. The Balaban J connectivity index is 3.26. The maximum Gasteiger partial charge on any atom is 0.314 e. The van der Waals surface area contributed by atoms with E-state index in [0.29, 0.717) is 31.8 Å². The number of amides is 2. The van der Waals surface area contributed by atoms with E-state index in [0.717, 1.165) is 12.8 Å². The van der Waals surface area contributed by atoms with Crippen LogP contribution in [0.4, 0.5) is 4.79 Å². The third-order valence-corrected chi connectivity index (χ3v) is 2.35. The van der Waals surface area contributed by atoms with E-state index in [-0.39, 0.29) is 12.5 Å². The molecule has 0 saturated carbocycles. The van der Waals surface area contributed by atoms with Crippen molar-refractivity contribution in [3.8, 4) is 0 Å². The molecule has 5 heteroatoms. The van der Waals surface area contributed by atoms with Crippen molar-refractivity contribution in [2.24, 2.45) is 5.92 Å². The van der Waals surface area contributed by atoms with Crippen LogP contribution in [-0.2, 0) is 4.79 Å². The van der Waals surface area contributed by atoms with Gasteiger partial charge >= 0.3 is 12.0 Å². The van der Waals surface area contributed by atoms with Gasteiger partial charge in [0.05, 0.1) is 0 Å². The maximum atomic E-state index is 11.2. The highest BCUT2D eigenvalue weighted by Crippen LogP contribution is 2.01. The first kappa shape index (κ1) is 15.7. The number of carboxylic acids is 1. The summed E-state index contributed by atoms with van der Waals surface area (Å²) in [4.78, 5) is 21.5. The number of hydrogen-bond donors (Lipinski definition) is 3. The fourth-order valence-corrected chi connectivity index (χ4v) is 1.38. The summed E-state index contributed by atoms with van der Waals surface area (Å²) in [5.74, 6) is -0.126. The van der Waals surface area contributed by atoms with Crippen molar-refractivity contribution in [2.45, 2.75) is 46.0 Å². The van der Waals surface area contributed by atoms with Gasteiger partial charge in [0.1, 0.15) is 0 Å². The molecule has 0 aliphatic carbocycles. The molecule has 0 unspecified atom stereocenters. The Bertz CT molecular complexity index is 230. The van der Waals surface area contributed by atoms with Crippen molar-refractivity contribution in [1.29, 1.82) is 0 Å². The molecule has 3 N–H and O–H groups in total. The van der Waals surface area contributed by atoms with Gasteiger partial charge in [0.2, 0.25) is 0 Å². The molecule has 0 heterocycles. The molecule has 5 nitrogen and oxygen atoms in total. The normalized spacial score (nSPS) is 10.3. The minimum absolute atomic E-state index is 0.163. The number of carbonyl (C=O) groups excluding carboxylic acids is 1. The number of carboxylic acid groups (broad SMARTS) is 1. The molecule has 0 bridgehead atoms. The highest BCUT2D eigenvalue weighted by atomic mass is 16.4. The Kier molecular flexibility index (Phi) is 9.19. The summed E-state index contributed by atoms with van der Waals surface area (Å²) >= 11 is 0. The van der Waals surface area contributed by atoms with Crippen molar-refractivity contribution in [2.75, 3.05) is 13.1 Å². The van der Waals surface area contributed by atoms with Crippen molar-refractivity contribution >= 4 is 12.0 Å². The SMILES string of the molecule is CC(C)CCCNC(=O)NCCCCC(=O)O. The molecule has 0 aromatic carbocycles. The first-order valence-corrected chi connectivity index (χ1v) is 6.26. The molecule has 0 rings (SSSR count). The van der Waals surface area contributed by atoms with Crippen molar-refractivity contribution in [1.82, 2.24) is 10.6 Å². The standard InChI is InChI=1S/C12H24N2O3/c1-10(2)6-5-9-14-12(17)13-8-4-3-7-11(15)16/h10H,3-9H2,1-2H3,(H,15,16)(H2,13,14,17). The van der Waals surface area contributed by atoms with E-state index in [4.69, 9.17) is 5.11 Å². The zero-order chi connectivity index (χ0) is 13.1. The number of nitrogens with one attached hydrogen (secondary N) is 2. The number of unbranched alkanes of at least 4 members (excludes halogenated alkanes) is 1. The lowest BCUT2D eigenvalue weighted by Gasteiger charge is -2.08. The van der Waals surface area contributed by atoms with Crippen molar-refractivity contribution in [3.05, 3.63) is 0 Å². The lowest BCUT2D eigenvalue weighted by Crippen LogP contribution is -2.36.